The van der Waals surface area contributed by atoms with Crippen molar-refractivity contribution in [1.82, 2.24) is 10.2 Å². The van der Waals surface area contributed by atoms with Crippen molar-refractivity contribution in [2.75, 3.05) is 11.9 Å². The van der Waals surface area contributed by atoms with Crippen LogP contribution in [-0.2, 0) is 9.59 Å². The van der Waals surface area contributed by atoms with Gasteiger partial charge in [0.1, 0.15) is 17.9 Å². The van der Waals surface area contributed by atoms with E-state index in [1.807, 2.05) is 0 Å². The molecule has 1 aromatic rings. The van der Waals surface area contributed by atoms with E-state index in [0.717, 1.165) is 43.1 Å². The van der Waals surface area contributed by atoms with Gasteiger partial charge in [-0.3, -0.25) is 14.5 Å². The van der Waals surface area contributed by atoms with Gasteiger partial charge in [-0.15, -0.1) is 0 Å². The summed E-state index contributed by atoms with van der Waals surface area (Å²) in [5.74, 6) is -1.47. The van der Waals surface area contributed by atoms with Crippen LogP contribution in [0.5, 0.6) is 0 Å². The maximum Gasteiger partial charge on any atom is 0.325 e. The summed E-state index contributed by atoms with van der Waals surface area (Å²) in [5.41, 5.74) is -0.578. The van der Waals surface area contributed by atoms with Gasteiger partial charge in [-0.2, -0.15) is 0 Å². The number of hydrogen-bond acceptors (Lipinski definition) is 3. The lowest BCUT2D eigenvalue weighted by Crippen LogP contribution is -2.47. The van der Waals surface area contributed by atoms with Crippen LogP contribution in [0.15, 0.2) is 18.2 Å². The minimum atomic E-state index is -0.878. The van der Waals surface area contributed by atoms with E-state index in [0.29, 0.717) is 18.5 Å². The van der Waals surface area contributed by atoms with Crippen LogP contribution < -0.4 is 10.6 Å². The maximum atomic E-state index is 13.2. The molecule has 26 heavy (non-hydrogen) atoms. The van der Waals surface area contributed by atoms with Crippen LogP contribution in [0.3, 0.4) is 0 Å². The van der Waals surface area contributed by atoms with Gasteiger partial charge in [0, 0.05) is 5.69 Å². The third kappa shape index (κ3) is 3.82. The number of rotatable bonds is 3. The Morgan fingerprint density at radius 1 is 1.19 bits per heavy atom. The molecule has 0 aromatic heterocycles. The Bertz CT molecular complexity index is 732. The average Bonchev–Trinajstić information content (AvgIpc) is 2.80. The number of benzene rings is 1. The lowest BCUT2D eigenvalue weighted by Gasteiger charge is -2.28. The first kappa shape index (κ1) is 18.6. The first-order valence-corrected chi connectivity index (χ1v) is 9.18. The number of amides is 4. The maximum absolute atomic E-state index is 13.2. The normalized spacial score (nSPS) is 19.8. The van der Waals surface area contributed by atoms with Gasteiger partial charge in [-0.25, -0.2) is 9.18 Å². The van der Waals surface area contributed by atoms with Gasteiger partial charge in [0.2, 0.25) is 5.91 Å². The summed E-state index contributed by atoms with van der Waals surface area (Å²) in [6, 6.07) is 3.23. The van der Waals surface area contributed by atoms with Gasteiger partial charge < -0.3 is 10.6 Å². The summed E-state index contributed by atoms with van der Waals surface area (Å²) in [4.78, 5) is 38.3. The molecule has 1 saturated carbocycles. The zero-order valence-electron chi connectivity index (χ0n) is 14.3. The van der Waals surface area contributed by atoms with Gasteiger partial charge in [-0.05, 0) is 31.0 Å². The molecule has 6 nitrogen and oxygen atoms in total. The fourth-order valence-corrected chi connectivity index (χ4v) is 3.77. The minimum Gasteiger partial charge on any atom is -0.324 e. The Morgan fingerprint density at radius 2 is 1.85 bits per heavy atom. The van der Waals surface area contributed by atoms with E-state index in [2.05, 4.69) is 10.6 Å². The molecule has 0 bridgehead atoms. The number of halogens is 2. The first-order valence-electron chi connectivity index (χ1n) is 8.80. The molecule has 2 N–H and O–H groups in total. The molecular weight excluding hydrogens is 361 g/mol. The Morgan fingerprint density at radius 3 is 2.50 bits per heavy atom. The van der Waals surface area contributed by atoms with Crippen molar-refractivity contribution in [3.8, 4) is 0 Å². The number of nitrogens with zero attached hydrogens (tertiary/aromatic N) is 1. The molecule has 0 radical (unpaired) electrons. The average molecular weight is 382 g/mol. The van der Waals surface area contributed by atoms with E-state index < -0.39 is 23.3 Å². The van der Waals surface area contributed by atoms with Crippen molar-refractivity contribution < 1.29 is 18.8 Å². The Kier molecular flexibility index (Phi) is 5.46. The van der Waals surface area contributed by atoms with E-state index in [9.17, 15) is 18.8 Å². The van der Waals surface area contributed by atoms with Crippen LogP contribution in [0.4, 0.5) is 14.9 Å². The highest BCUT2D eigenvalue weighted by molar-refractivity contribution is 6.31. The van der Waals surface area contributed by atoms with E-state index in [1.54, 1.807) is 0 Å². The Balaban J connectivity index is 1.66. The van der Waals surface area contributed by atoms with E-state index in [1.165, 1.54) is 12.1 Å². The van der Waals surface area contributed by atoms with E-state index in [-0.39, 0.29) is 17.5 Å². The van der Waals surface area contributed by atoms with Gasteiger partial charge in [0.15, 0.2) is 0 Å². The summed E-state index contributed by atoms with van der Waals surface area (Å²) in [5, 5.41) is 5.22. The standard InChI is InChI=1S/C18H21ClFN3O3/c19-13-10-12(6-7-14(13)20)21-15(24)11-23-16(25)18(22-17(23)26)8-4-2-1-3-5-9-18/h6-7,10H,1-5,8-9,11H2,(H,21,24)(H,22,26). The SMILES string of the molecule is O=C(CN1C(=O)NC2(CCCCCCC2)C1=O)Nc1ccc(F)c(Cl)c1. The molecule has 1 aromatic carbocycles. The van der Waals surface area contributed by atoms with Crippen LogP contribution >= 0.6 is 11.6 Å². The fraction of sp³-hybridized carbons (Fsp3) is 0.500. The summed E-state index contributed by atoms with van der Waals surface area (Å²) >= 11 is 5.69. The molecule has 3 rings (SSSR count). The van der Waals surface area contributed by atoms with Crippen LogP contribution in [0.1, 0.15) is 44.9 Å². The van der Waals surface area contributed by atoms with Crippen LogP contribution in [0.2, 0.25) is 5.02 Å². The minimum absolute atomic E-state index is 0.119. The highest BCUT2D eigenvalue weighted by Crippen LogP contribution is 2.32. The molecule has 0 atom stereocenters. The lowest BCUT2D eigenvalue weighted by molar-refractivity contribution is -0.134. The molecular formula is C18H21ClFN3O3. The number of hydrogen-bond donors (Lipinski definition) is 2. The van der Waals surface area contributed by atoms with Crippen molar-refractivity contribution in [1.29, 1.82) is 0 Å². The molecule has 1 spiro atoms. The molecule has 0 unspecified atom stereocenters. The predicted octanol–water partition coefficient (Wildman–Crippen LogP) is 3.45. The summed E-state index contributed by atoms with van der Waals surface area (Å²) in [6.07, 6.45) is 6.17. The second-order valence-electron chi connectivity index (χ2n) is 6.85. The molecule has 1 aliphatic heterocycles. The highest BCUT2D eigenvalue weighted by Gasteiger charge is 2.50. The number of imide groups is 1. The number of nitrogens with one attached hydrogen (secondary N) is 2. The first-order chi connectivity index (χ1) is 12.4. The molecule has 2 fully saturated rings. The summed E-state index contributed by atoms with van der Waals surface area (Å²) in [6.45, 7) is -0.387. The van der Waals surface area contributed by atoms with Crippen molar-refractivity contribution >= 4 is 35.1 Å². The molecule has 140 valence electrons. The number of anilines is 1. The zero-order valence-corrected chi connectivity index (χ0v) is 15.1. The smallest absolute Gasteiger partial charge is 0.324 e. The van der Waals surface area contributed by atoms with Gasteiger partial charge in [0.05, 0.1) is 5.02 Å². The second kappa shape index (κ2) is 7.61. The second-order valence-corrected chi connectivity index (χ2v) is 7.26. The van der Waals surface area contributed by atoms with Crippen molar-refractivity contribution in [2.24, 2.45) is 0 Å². The lowest BCUT2D eigenvalue weighted by atomic mass is 9.84. The van der Waals surface area contributed by atoms with Crippen LogP contribution in [0.25, 0.3) is 0 Å². The van der Waals surface area contributed by atoms with Crippen LogP contribution in [-0.4, -0.2) is 34.8 Å². The van der Waals surface area contributed by atoms with Gasteiger partial charge >= 0.3 is 6.03 Å². The van der Waals surface area contributed by atoms with Gasteiger partial charge in [-0.1, -0.05) is 43.7 Å². The zero-order chi connectivity index (χ0) is 18.7. The molecule has 8 heteroatoms. The summed E-state index contributed by atoms with van der Waals surface area (Å²) in [7, 11) is 0. The third-order valence-electron chi connectivity index (χ3n) is 4.96. The van der Waals surface area contributed by atoms with Gasteiger partial charge in [0.25, 0.3) is 5.91 Å². The molecule has 1 heterocycles. The largest absolute Gasteiger partial charge is 0.325 e. The number of carbonyl (C=O) groups is 3. The topological polar surface area (TPSA) is 78.5 Å². The van der Waals surface area contributed by atoms with Crippen LogP contribution in [0, 0.1) is 5.82 Å². The highest BCUT2D eigenvalue weighted by atomic mass is 35.5. The summed E-state index contributed by atoms with van der Waals surface area (Å²) < 4.78 is 13.2. The fourth-order valence-electron chi connectivity index (χ4n) is 3.59. The van der Waals surface area contributed by atoms with E-state index >= 15 is 0 Å². The quantitative estimate of drug-likeness (QED) is 0.787. The predicted molar refractivity (Wildman–Crippen MR) is 95.3 cm³/mol. The molecule has 2 aliphatic rings. The Labute approximate surface area is 156 Å². The number of urea groups is 1. The van der Waals surface area contributed by atoms with Crippen molar-refractivity contribution in [3.05, 3.63) is 29.0 Å². The molecule has 4 amide bonds. The Hall–Kier alpha value is -2.15. The third-order valence-corrected chi connectivity index (χ3v) is 5.25. The molecule has 1 saturated heterocycles. The monoisotopic (exact) mass is 381 g/mol. The molecule has 1 aliphatic carbocycles. The van der Waals surface area contributed by atoms with Crippen molar-refractivity contribution in [2.45, 2.75) is 50.5 Å². The number of carbonyl (C=O) groups excluding carboxylic acids is 3. The van der Waals surface area contributed by atoms with E-state index in [4.69, 9.17) is 11.6 Å². The van der Waals surface area contributed by atoms with Crippen molar-refractivity contribution in [3.63, 3.8) is 0 Å².